The van der Waals surface area contributed by atoms with Crippen molar-refractivity contribution >= 4 is 12.0 Å². The Kier molecular flexibility index (Phi) is 6.25. The number of ether oxygens (including phenoxy) is 4. The number of esters is 1. The molecule has 0 heterocycles. The molecule has 0 radical (unpaired) electrons. The summed E-state index contributed by atoms with van der Waals surface area (Å²) < 4.78 is 20.7. The highest BCUT2D eigenvalue weighted by molar-refractivity contribution is 5.87. The van der Waals surface area contributed by atoms with Gasteiger partial charge in [-0.15, -0.1) is 0 Å². The zero-order chi connectivity index (χ0) is 17.4. The van der Waals surface area contributed by atoms with Gasteiger partial charge >= 0.3 is 5.97 Å². The normalized spacial score (nSPS) is 10.5. The van der Waals surface area contributed by atoms with Crippen LogP contribution in [0.4, 0.5) is 0 Å². The highest BCUT2D eigenvalue weighted by Gasteiger charge is 2.04. The van der Waals surface area contributed by atoms with Crippen LogP contribution in [-0.2, 0) is 16.1 Å². The van der Waals surface area contributed by atoms with E-state index in [0.717, 1.165) is 16.9 Å². The van der Waals surface area contributed by atoms with Crippen LogP contribution in [0.5, 0.6) is 17.2 Å². The van der Waals surface area contributed by atoms with Gasteiger partial charge in [0.1, 0.15) is 23.9 Å². The zero-order valence-corrected chi connectivity index (χ0v) is 13.9. The maximum atomic E-state index is 11.8. The molecule has 0 atom stereocenters. The lowest BCUT2D eigenvalue weighted by Crippen LogP contribution is -2.00. The number of hydrogen-bond donors (Lipinski definition) is 0. The van der Waals surface area contributed by atoms with E-state index in [9.17, 15) is 4.79 Å². The monoisotopic (exact) mass is 328 g/mol. The van der Waals surface area contributed by atoms with Gasteiger partial charge in [-0.05, 0) is 35.9 Å². The molecule has 0 aliphatic rings. The minimum Gasteiger partial charge on any atom is -0.497 e. The van der Waals surface area contributed by atoms with Crippen LogP contribution in [0, 0.1) is 0 Å². The molecule has 5 nitrogen and oxygen atoms in total. The van der Waals surface area contributed by atoms with Gasteiger partial charge < -0.3 is 18.9 Å². The summed E-state index contributed by atoms with van der Waals surface area (Å²) in [6.45, 7) is 0.201. The van der Waals surface area contributed by atoms with Gasteiger partial charge in [0, 0.05) is 17.7 Å². The number of benzene rings is 2. The highest BCUT2D eigenvalue weighted by Crippen LogP contribution is 2.25. The zero-order valence-electron chi connectivity index (χ0n) is 13.9. The lowest BCUT2D eigenvalue weighted by atomic mass is 10.1. The maximum Gasteiger partial charge on any atom is 0.331 e. The summed E-state index contributed by atoms with van der Waals surface area (Å²) in [5, 5.41) is 0. The largest absolute Gasteiger partial charge is 0.497 e. The number of carbonyl (C=O) groups is 1. The van der Waals surface area contributed by atoms with Crippen molar-refractivity contribution in [3.8, 4) is 17.2 Å². The van der Waals surface area contributed by atoms with E-state index in [2.05, 4.69) is 0 Å². The summed E-state index contributed by atoms with van der Waals surface area (Å²) in [5.74, 6) is 1.64. The smallest absolute Gasteiger partial charge is 0.331 e. The standard InChI is InChI=1S/C19H20O5/c1-21-16-8-4-14(5-9-16)13-24-19(20)11-7-15-6-10-17(22-2)12-18(15)23-3/h4-12H,13H2,1-3H3/b11-7+. The summed E-state index contributed by atoms with van der Waals surface area (Å²) in [4.78, 5) is 11.8. The van der Waals surface area contributed by atoms with Crippen molar-refractivity contribution in [1.29, 1.82) is 0 Å². The molecule has 0 amide bonds. The van der Waals surface area contributed by atoms with Crippen LogP contribution in [0.25, 0.3) is 6.08 Å². The predicted molar refractivity (Wildman–Crippen MR) is 91.4 cm³/mol. The third kappa shape index (κ3) is 4.78. The topological polar surface area (TPSA) is 54.0 Å². The van der Waals surface area contributed by atoms with E-state index in [4.69, 9.17) is 18.9 Å². The van der Waals surface area contributed by atoms with Crippen LogP contribution in [0.2, 0.25) is 0 Å². The predicted octanol–water partition coefficient (Wildman–Crippen LogP) is 3.47. The lowest BCUT2D eigenvalue weighted by molar-refractivity contribution is -0.138. The maximum absolute atomic E-state index is 11.8. The minimum atomic E-state index is -0.427. The molecule has 0 aliphatic heterocycles. The van der Waals surface area contributed by atoms with E-state index in [1.165, 1.54) is 6.08 Å². The van der Waals surface area contributed by atoms with Gasteiger partial charge in [-0.3, -0.25) is 0 Å². The SMILES string of the molecule is COc1ccc(COC(=O)/C=C/c2ccc(OC)cc2OC)cc1. The second-order valence-corrected chi connectivity index (χ2v) is 4.90. The van der Waals surface area contributed by atoms with Crippen molar-refractivity contribution in [3.05, 3.63) is 59.7 Å². The molecule has 2 rings (SSSR count). The fraction of sp³-hybridized carbons (Fsp3) is 0.211. The Labute approximate surface area is 141 Å². The van der Waals surface area contributed by atoms with Crippen molar-refractivity contribution in [2.45, 2.75) is 6.61 Å². The summed E-state index contributed by atoms with van der Waals surface area (Å²) in [6.07, 6.45) is 3.02. The molecule has 0 N–H and O–H groups in total. The first-order valence-electron chi connectivity index (χ1n) is 7.36. The van der Waals surface area contributed by atoms with Crippen molar-refractivity contribution in [1.82, 2.24) is 0 Å². The molecule has 0 bridgehead atoms. The van der Waals surface area contributed by atoms with E-state index in [1.807, 2.05) is 30.3 Å². The molecule has 126 valence electrons. The third-order valence-corrected chi connectivity index (χ3v) is 3.38. The Balaban J connectivity index is 1.94. The van der Waals surface area contributed by atoms with Crippen molar-refractivity contribution in [2.75, 3.05) is 21.3 Å². The molecule has 0 spiro atoms. The molecule has 2 aromatic carbocycles. The van der Waals surface area contributed by atoms with E-state index in [-0.39, 0.29) is 6.61 Å². The van der Waals surface area contributed by atoms with Gasteiger partial charge in [0.2, 0.25) is 0 Å². The van der Waals surface area contributed by atoms with Crippen molar-refractivity contribution in [3.63, 3.8) is 0 Å². The molecule has 0 unspecified atom stereocenters. The fourth-order valence-corrected chi connectivity index (χ4v) is 2.04. The summed E-state index contributed by atoms with van der Waals surface area (Å²) in [6, 6.07) is 12.7. The van der Waals surface area contributed by atoms with Gasteiger partial charge in [0.15, 0.2) is 0 Å². The van der Waals surface area contributed by atoms with Gasteiger partial charge in [0.05, 0.1) is 21.3 Å². The Morgan fingerprint density at radius 1 is 0.917 bits per heavy atom. The summed E-state index contributed by atoms with van der Waals surface area (Å²) in [5.41, 5.74) is 1.65. The van der Waals surface area contributed by atoms with Crippen LogP contribution in [-0.4, -0.2) is 27.3 Å². The van der Waals surface area contributed by atoms with E-state index < -0.39 is 5.97 Å². The van der Waals surface area contributed by atoms with Crippen LogP contribution < -0.4 is 14.2 Å². The van der Waals surface area contributed by atoms with Gasteiger partial charge in [-0.25, -0.2) is 4.79 Å². The average molecular weight is 328 g/mol. The minimum absolute atomic E-state index is 0.201. The van der Waals surface area contributed by atoms with E-state index in [1.54, 1.807) is 39.5 Å². The van der Waals surface area contributed by atoms with Crippen LogP contribution in [0.3, 0.4) is 0 Å². The number of carbonyl (C=O) groups excluding carboxylic acids is 1. The Hall–Kier alpha value is -2.95. The Morgan fingerprint density at radius 2 is 1.58 bits per heavy atom. The van der Waals surface area contributed by atoms with Crippen LogP contribution in [0.1, 0.15) is 11.1 Å². The lowest BCUT2D eigenvalue weighted by Gasteiger charge is -2.07. The first-order valence-corrected chi connectivity index (χ1v) is 7.36. The quantitative estimate of drug-likeness (QED) is 0.575. The third-order valence-electron chi connectivity index (χ3n) is 3.38. The van der Waals surface area contributed by atoms with E-state index >= 15 is 0 Å². The molecule has 0 saturated carbocycles. The molecule has 2 aromatic rings. The second-order valence-electron chi connectivity index (χ2n) is 4.90. The Bertz CT molecular complexity index is 704. The molecule has 0 aliphatic carbocycles. The second kappa shape index (κ2) is 8.62. The number of methoxy groups -OCH3 is 3. The molecule has 5 heteroatoms. The summed E-state index contributed by atoms with van der Waals surface area (Å²) in [7, 11) is 4.75. The fourth-order valence-electron chi connectivity index (χ4n) is 2.04. The molecule has 24 heavy (non-hydrogen) atoms. The van der Waals surface area contributed by atoms with Gasteiger partial charge in [-0.1, -0.05) is 12.1 Å². The van der Waals surface area contributed by atoms with Crippen molar-refractivity contribution in [2.24, 2.45) is 0 Å². The number of hydrogen-bond acceptors (Lipinski definition) is 5. The highest BCUT2D eigenvalue weighted by atomic mass is 16.5. The molecular weight excluding hydrogens is 308 g/mol. The number of rotatable bonds is 7. The molecule has 0 fully saturated rings. The average Bonchev–Trinajstić information content (AvgIpc) is 2.64. The Morgan fingerprint density at radius 3 is 2.21 bits per heavy atom. The molecule has 0 aromatic heterocycles. The molecular formula is C19H20O5. The van der Waals surface area contributed by atoms with Crippen molar-refractivity contribution < 1.29 is 23.7 Å². The first-order chi connectivity index (χ1) is 11.7. The molecule has 0 saturated heterocycles. The summed E-state index contributed by atoms with van der Waals surface area (Å²) >= 11 is 0. The van der Waals surface area contributed by atoms with Crippen LogP contribution >= 0.6 is 0 Å². The van der Waals surface area contributed by atoms with Gasteiger partial charge in [0.25, 0.3) is 0 Å². The van der Waals surface area contributed by atoms with Gasteiger partial charge in [-0.2, -0.15) is 0 Å². The first kappa shape index (κ1) is 17.4. The van der Waals surface area contributed by atoms with Crippen LogP contribution in [0.15, 0.2) is 48.5 Å². The van der Waals surface area contributed by atoms with E-state index in [0.29, 0.717) is 11.5 Å².